The molecule has 0 aliphatic rings. The van der Waals surface area contributed by atoms with Crippen LogP contribution in [-0.2, 0) is 17.0 Å². The summed E-state index contributed by atoms with van der Waals surface area (Å²) in [6.45, 7) is 0.345. The van der Waals surface area contributed by atoms with Crippen LogP contribution in [0, 0.1) is 0 Å². The normalized spacial score (nSPS) is 11.4. The van der Waals surface area contributed by atoms with Crippen LogP contribution < -0.4 is 10.2 Å². The summed E-state index contributed by atoms with van der Waals surface area (Å²) in [4.78, 5) is 13.1. The van der Waals surface area contributed by atoms with Crippen LogP contribution in [0.1, 0.15) is 22.3 Å². The fraction of sp³-hybridized carbons (Fsp3) is 0.0714. The highest BCUT2D eigenvalue weighted by molar-refractivity contribution is 6.32. The first-order chi connectivity index (χ1) is 17.0. The average Bonchev–Trinajstić information content (AvgIpc) is 2.89. The van der Waals surface area contributed by atoms with Gasteiger partial charge in [-0.15, -0.1) is 0 Å². The van der Waals surface area contributed by atoms with Crippen molar-refractivity contribution in [3.63, 3.8) is 0 Å². The Morgan fingerprint density at radius 2 is 1.49 bits per heavy atom. The second kappa shape index (κ2) is 11.2. The van der Waals surface area contributed by atoms with Gasteiger partial charge in [-0.2, -0.15) is 5.10 Å². The maximum absolute atomic E-state index is 13.1. The third-order valence-corrected chi connectivity index (χ3v) is 5.90. The van der Waals surface area contributed by atoms with E-state index in [0.717, 1.165) is 5.56 Å². The SMILES string of the molecule is O=C(N/N=C\c1ccc(OCc2ccc(Cl)cc2)c(Cl)c1)C(O)(c1ccccc1)c1ccccc1. The van der Waals surface area contributed by atoms with Crippen LogP contribution >= 0.6 is 23.2 Å². The fourth-order valence-corrected chi connectivity index (χ4v) is 3.86. The summed E-state index contributed by atoms with van der Waals surface area (Å²) in [5.74, 6) is -0.162. The molecular weight excluding hydrogens is 483 g/mol. The summed E-state index contributed by atoms with van der Waals surface area (Å²) in [7, 11) is 0. The predicted molar refractivity (Wildman–Crippen MR) is 139 cm³/mol. The molecule has 4 aromatic rings. The minimum absolute atomic E-state index is 0.345. The lowest BCUT2D eigenvalue weighted by Gasteiger charge is -2.27. The van der Waals surface area contributed by atoms with Gasteiger partial charge < -0.3 is 9.84 Å². The van der Waals surface area contributed by atoms with Crippen molar-refractivity contribution >= 4 is 35.3 Å². The third kappa shape index (κ3) is 5.89. The van der Waals surface area contributed by atoms with E-state index in [4.69, 9.17) is 27.9 Å². The molecule has 0 radical (unpaired) electrons. The Bertz CT molecular complexity index is 1270. The number of amides is 1. The van der Waals surface area contributed by atoms with E-state index in [9.17, 15) is 9.90 Å². The Balaban J connectivity index is 1.45. The Morgan fingerprint density at radius 1 is 0.886 bits per heavy atom. The molecule has 0 heterocycles. The van der Waals surface area contributed by atoms with E-state index in [-0.39, 0.29) is 0 Å². The topological polar surface area (TPSA) is 70.9 Å². The van der Waals surface area contributed by atoms with E-state index in [0.29, 0.717) is 39.1 Å². The number of hydrazone groups is 1. The number of hydrogen-bond donors (Lipinski definition) is 2. The highest BCUT2D eigenvalue weighted by Crippen LogP contribution is 2.30. The van der Waals surface area contributed by atoms with Gasteiger partial charge in [0, 0.05) is 5.02 Å². The molecule has 0 unspecified atom stereocenters. The summed E-state index contributed by atoms with van der Waals surface area (Å²) in [5, 5.41) is 16.5. The largest absolute Gasteiger partial charge is 0.487 e. The number of nitrogens with zero attached hydrogens (tertiary/aromatic N) is 1. The number of benzene rings is 4. The van der Waals surface area contributed by atoms with Crippen molar-refractivity contribution in [2.75, 3.05) is 0 Å². The van der Waals surface area contributed by atoms with Gasteiger partial charge in [0.25, 0.3) is 5.91 Å². The average molecular weight is 505 g/mol. The number of halogens is 2. The highest BCUT2D eigenvalue weighted by atomic mass is 35.5. The van der Waals surface area contributed by atoms with Crippen LogP contribution in [0.2, 0.25) is 10.0 Å². The molecule has 1 amide bonds. The highest BCUT2D eigenvalue weighted by Gasteiger charge is 2.39. The van der Waals surface area contributed by atoms with Crippen molar-refractivity contribution in [2.45, 2.75) is 12.2 Å². The minimum Gasteiger partial charge on any atom is -0.487 e. The van der Waals surface area contributed by atoms with Crippen LogP contribution in [0.5, 0.6) is 5.75 Å². The van der Waals surface area contributed by atoms with Crippen LogP contribution in [0.4, 0.5) is 0 Å². The molecule has 0 aliphatic carbocycles. The zero-order chi connectivity index (χ0) is 24.7. The van der Waals surface area contributed by atoms with Crippen LogP contribution in [0.3, 0.4) is 0 Å². The quantitative estimate of drug-likeness (QED) is 0.229. The molecule has 176 valence electrons. The molecule has 5 nitrogen and oxygen atoms in total. The first-order valence-electron chi connectivity index (χ1n) is 10.8. The molecule has 0 spiro atoms. The second-order valence-corrected chi connectivity index (χ2v) is 8.59. The predicted octanol–water partition coefficient (Wildman–Crippen LogP) is 5.96. The van der Waals surface area contributed by atoms with Crippen molar-refractivity contribution in [3.05, 3.63) is 135 Å². The molecule has 0 aromatic heterocycles. The number of carbonyl (C=O) groups excluding carboxylic acids is 1. The number of carbonyl (C=O) groups is 1. The molecule has 0 bridgehead atoms. The lowest BCUT2D eigenvalue weighted by atomic mass is 9.85. The molecule has 4 rings (SSSR count). The zero-order valence-electron chi connectivity index (χ0n) is 18.6. The minimum atomic E-state index is -1.91. The summed E-state index contributed by atoms with van der Waals surface area (Å²) >= 11 is 12.3. The molecule has 2 N–H and O–H groups in total. The van der Waals surface area contributed by atoms with E-state index < -0.39 is 11.5 Å². The second-order valence-electron chi connectivity index (χ2n) is 7.75. The molecule has 0 fully saturated rings. The number of nitrogens with one attached hydrogen (secondary N) is 1. The van der Waals surface area contributed by atoms with Gasteiger partial charge in [-0.3, -0.25) is 4.79 Å². The summed E-state index contributed by atoms with van der Waals surface area (Å²) < 4.78 is 5.78. The van der Waals surface area contributed by atoms with Crippen LogP contribution in [0.15, 0.2) is 108 Å². The summed E-state index contributed by atoms with van der Waals surface area (Å²) in [6, 6.07) is 30.0. The van der Waals surface area contributed by atoms with Gasteiger partial charge in [-0.05, 0) is 52.6 Å². The van der Waals surface area contributed by atoms with Gasteiger partial charge in [0.15, 0.2) is 5.60 Å². The van der Waals surface area contributed by atoms with Crippen molar-refractivity contribution in [2.24, 2.45) is 5.10 Å². The Labute approximate surface area is 213 Å². The molecule has 0 aliphatic heterocycles. The molecular formula is C28H22Cl2N2O3. The maximum atomic E-state index is 13.1. The van der Waals surface area contributed by atoms with Crippen LogP contribution in [-0.4, -0.2) is 17.2 Å². The van der Waals surface area contributed by atoms with Gasteiger partial charge in [-0.25, -0.2) is 5.43 Å². The van der Waals surface area contributed by atoms with E-state index in [1.54, 1.807) is 78.9 Å². The number of ether oxygens (including phenoxy) is 1. The summed E-state index contributed by atoms with van der Waals surface area (Å²) in [5.41, 5.74) is 3.02. The van der Waals surface area contributed by atoms with E-state index in [1.807, 2.05) is 24.3 Å². The summed E-state index contributed by atoms with van der Waals surface area (Å²) in [6.07, 6.45) is 1.45. The smallest absolute Gasteiger partial charge is 0.281 e. The molecule has 35 heavy (non-hydrogen) atoms. The third-order valence-electron chi connectivity index (χ3n) is 5.35. The number of rotatable bonds is 8. The molecule has 0 saturated carbocycles. The van der Waals surface area contributed by atoms with Gasteiger partial charge >= 0.3 is 0 Å². The van der Waals surface area contributed by atoms with Crippen LogP contribution in [0.25, 0.3) is 0 Å². The van der Waals surface area contributed by atoms with Gasteiger partial charge in [0.2, 0.25) is 0 Å². The lowest BCUT2D eigenvalue weighted by Crippen LogP contribution is -2.43. The van der Waals surface area contributed by atoms with Gasteiger partial charge in [-0.1, -0.05) is 96.0 Å². The standard InChI is InChI=1S/C28H22Cl2N2O3/c29-24-14-11-20(12-15-24)19-35-26-16-13-21(17-25(26)30)18-31-32-27(33)28(34,22-7-3-1-4-8-22)23-9-5-2-6-10-23/h1-18,34H,19H2,(H,32,33)/b31-18-. The monoisotopic (exact) mass is 504 g/mol. The van der Waals surface area contributed by atoms with E-state index >= 15 is 0 Å². The van der Waals surface area contributed by atoms with Crippen molar-refractivity contribution in [3.8, 4) is 5.75 Å². The first kappa shape index (κ1) is 24.5. The van der Waals surface area contributed by atoms with Crippen molar-refractivity contribution in [1.82, 2.24) is 5.43 Å². The van der Waals surface area contributed by atoms with E-state index in [2.05, 4.69) is 10.5 Å². The first-order valence-corrected chi connectivity index (χ1v) is 11.6. The number of hydrogen-bond acceptors (Lipinski definition) is 4. The number of aliphatic hydroxyl groups is 1. The van der Waals surface area contributed by atoms with Crippen molar-refractivity contribution in [1.29, 1.82) is 0 Å². The van der Waals surface area contributed by atoms with Gasteiger partial charge in [0.05, 0.1) is 11.2 Å². The zero-order valence-corrected chi connectivity index (χ0v) is 20.1. The molecule has 0 atom stereocenters. The fourth-order valence-electron chi connectivity index (χ4n) is 3.49. The Hall–Kier alpha value is -3.64. The molecule has 7 heteroatoms. The Morgan fingerprint density at radius 3 is 2.06 bits per heavy atom. The van der Waals surface area contributed by atoms with Gasteiger partial charge in [0.1, 0.15) is 12.4 Å². The molecule has 0 saturated heterocycles. The van der Waals surface area contributed by atoms with Crippen molar-refractivity contribution < 1.29 is 14.6 Å². The Kier molecular flexibility index (Phi) is 7.83. The van der Waals surface area contributed by atoms with E-state index in [1.165, 1.54) is 6.21 Å². The maximum Gasteiger partial charge on any atom is 0.281 e. The lowest BCUT2D eigenvalue weighted by molar-refractivity contribution is -0.136. The molecule has 4 aromatic carbocycles.